The summed E-state index contributed by atoms with van der Waals surface area (Å²) >= 11 is 0. The average Bonchev–Trinajstić information content (AvgIpc) is 3.66. The second kappa shape index (κ2) is 14.2. The van der Waals surface area contributed by atoms with Crippen LogP contribution in [0.3, 0.4) is 0 Å². The summed E-state index contributed by atoms with van der Waals surface area (Å²) in [6.07, 6.45) is 7.96. The Labute approximate surface area is 304 Å². The molecule has 0 aliphatic carbocycles. The monoisotopic (exact) mass is 825 g/mol. The van der Waals surface area contributed by atoms with E-state index in [4.69, 9.17) is 14.8 Å². The van der Waals surface area contributed by atoms with Crippen molar-refractivity contribution >= 4 is 21.8 Å². The summed E-state index contributed by atoms with van der Waals surface area (Å²) in [5.74, 6) is 3.05. The van der Waals surface area contributed by atoms with Crippen LogP contribution in [0.5, 0.6) is 11.5 Å². The van der Waals surface area contributed by atoms with Crippen molar-refractivity contribution in [2.75, 3.05) is 0 Å². The van der Waals surface area contributed by atoms with Crippen LogP contribution in [0.4, 0.5) is 0 Å². The topological polar surface area (TPSA) is 44.9 Å². The third-order valence-electron chi connectivity index (χ3n) is 9.29. The molecule has 0 amide bonds. The minimum absolute atomic E-state index is 0. The molecule has 1 atom stereocenters. The fraction of sp³-hybridized carbons (Fsp3) is 0.256. The van der Waals surface area contributed by atoms with Crippen molar-refractivity contribution in [2.24, 2.45) is 5.92 Å². The van der Waals surface area contributed by atoms with Crippen molar-refractivity contribution in [3.8, 4) is 34.1 Å². The number of hydrogen-bond acceptors (Lipinski definition) is 3. The van der Waals surface area contributed by atoms with Crippen molar-refractivity contribution in [3.63, 3.8) is 0 Å². The van der Waals surface area contributed by atoms with Crippen LogP contribution in [0.1, 0.15) is 67.9 Å². The summed E-state index contributed by atoms with van der Waals surface area (Å²) in [5, 5.41) is 7.06. The third-order valence-corrected chi connectivity index (χ3v) is 9.29. The molecule has 6 heteroatoms. The van der Waals surface area contributed by atoms with Crippen LogP contribution in [0.25, 0.3) is 44.4 Å². The molecule has 0 fully saturated rings. The normalized spacial score (nSPS) is 12.1. The van der Waals surface area contributed by atoms with Crippen LogP contribution in [0, 0.1) is 38.8 Å². The van der Waals surface area contributed by atoms with Gasteiger partial charge < -0.3 is 9.30 Å². The Hall–Kier alpha value is -4.47. The molecule has 0 N–H and O–H groups in total. The number of pyridine rings is 1. The van der Waals surface area contributed by atoms with Crippen LogP contribution in [0.15, 0.2) is 91.4 Å². The number of nitrogens with zero attached hydrogens (tertiary/aromatic N) is 4. The van der Waals surface area contributed by atoms with Gasteiger partial charge in [-0.05, 0) is 90.6 Å². The van der Waals surface area contributed by atoms with E-state index in [9.17, 15) is 0 Å². The average molecular weight is 826 g/mol. The molecule has 0 aliphatic rings. The third kappa shape index (κ3) is 6.87. The molecular formula is C43H42N4OPt. The zero-order valence-electron chi connectivity index (χ0n) is 29.2. The molecule has 7 aromatic rings. The van der Waals surface area contributed by atoms with Crippen molar-refractivity contribution < 1.29 is 25.8 Å². The zero-order chi connectivity index (χ0) is 33.5. The van der Waals surface area contributed by atoms with Crippen LogP contribution < -0.4 is 4.74 Å². The van der Waals surface area contributed by atoms with Gasteiger partial charge in [-0.1, -0.05) is 75.5 Å². The van der Waals surface area contributed by atoms with Gasteiger partial charge in [-0.25, -0.2) is 4.98 Å². The first-order valence-electron chi connectivity index (χ1n) is 17.0. The largest absolute Gasteiger partial charge is 2.00 e. The predicted molar refractivity (Wildman–Crippen MR) is 197 cm³/mol. The van der Waals surface area contributed by atoms with Gasteiger partial charge >= 0.3 is 21.1 Å². The standard InChI is InChI=1S/C43H42N4O.Pt/c1-8-29(5)33-21-35(46-26-34(25-45-46)43-30(6)18-28(4)19-31(43)7)23-37(22-33)48-36-13-14-39-38-11-9-10-12-40(38)47(41(39)24-36)42-20-32(15-16-44-42)17-27(2)3;/h9-16,18-22,25-27,29H,8,17H2,1-7H3;/q-2;+2. The molecule has 5 nitrogen and oxygen atoms in total. The first-order chi connectivity index (χ1) is 23.2. The van der Waals surface area contributed by atoms with E-state index in [1.54, 1.807) is 0 Å². The Bertz CT molecular complexity index is 2260. The molecule has 1 unspecified atom stereocenters. The molecule has 3 heterocycles. The summed E-state index contributed by atoms with van der Waals surface area (Å²) in [6.45, 7) is 15.4. The van der Waals surface area contributed by atoms with Gasteiger partial charge in [0.05, 0.1) is 6.20 Å². The van der Waals surface area contributed by atoms with Gasteiger partial charge in [0.1, 0.15) is 5.82 Å². The van der Waals surface area contributed by atoms with E-state index in [2.05, 4.69) is 138 Å². The second-order valence-electron chi connectivity index (χ2n) is 13.6. The van der Waals surface area contributed by atoms with Crippen molar-refractivity contribution in [3.05, 3.63) is 131 Å². The molecule has 0 aliphatic heterocycles. The Balaban J connectivity index is 0.00000417. The molecule has 0 saturated heterocycles. The van der Waals surface area contributed by atoms with Gasteiger partial charge in [-0.15, -0.1) is 41.3 Å². The molecule has 0 spiro atoms. The Kier molecular flexibility index (Phi) is 9.95. The van der Waals surface area contributed by atoms with E-state index in [0.29, 0.717) is 23.3 Å². The van der Waals surface area contributed by atoms with Gasteiger partial charge in [0.15, 0.2) is 0 Å². The van der Waals surface area contributed by atoms with E-state index >= 15 is 0 Å². The van der Waals surface area contributed by atoms with Crippen LogP contribution in [-0.2, 0) is 27.5 Å². The number of aromatic nitrogens is 4. The van der Waals surface area contributed by atoms with Crippen LogP contribution in [0.2, 0.25) is 0 Å². The van der Waals surface area contributed by atoms with Crippen LogP contribution >= 0.6 is 0 Å². The Morgan fingerprint density at radius 1 is 0.837 bits per heavy atom. The summed E-state index contributed by atoms with van der Waals surface area (Å²) in [6, 6.07) is 32.8. The molecule has 0 bridgehead atoms. The molecule has 4 aromatic carbocycles. The summed E-state index contributed by atoms with van der Waals surface area (Å²) < 4.78 is 10.7. The molecule has 0 saturated carbocycles. The maximum atomic E-state index is 6.60. The molecule has 0 radical (unpaired) electrons. The second-order valence-corrected chi connectivity index (χ2v) is 13.6. The maximum Gasteiger partial charge on any atom is 2.00 e. The fourth-order valence-corrected chi connectivity index (χ4v) is 6.94. The Morgan fingerprint density at radius 2 is 1.61 bits per heavy atom. The number of aryl methyl sites for hydroxylation is 3. The number of ether oxygens (including phenoxy) is 1. The molecule has 3 aromatic heterocycles. The first kappa shape index (κ1) is 34.4. The molecule has 7 rings (SSSR count). The number of para-hydroxylation sites is 1. The predicted octanol–water partition coefficient (Wildman–Crippen LogP) is 11.1. The summed E-state index contributed by atoms with van der Waals surface area (Å²) in [7, 11) is 0. The first-order valence-corrected chi connectivity index (χ1v) is 17.0. The molecule has 49 heavy (non-hydrogen) atoms. The van der Waals surface area contributed by atoms with Crippen molar-refractivity contribution in [1.82, 2.24) is 19.3 Å². The van der Waals surface area contributed by atoms with Gasteiger partial charge in [0, 0.05) is 35.0 Å². The van der Waals surface area contributed by atoms with Crippen molar-refractivity contribution in [1.29, 1.82) is 0 Å². The van der Waals surface area contributed by atoms with Gasteiger partial charge in [-0.2, -0.15) is 11.2 Å². The smallest absolute Gasteiger partial charge is 0.509 e. The van der Waals surface area contributed by atoms with Crippen molar-refractivity contribution in [2.45, 2.75) is 67.2 Å². The summed E-state index contributed by atoms with van der Waals surface area (Å²) in [4.78, 5) is 4.81. The Morgan fingerprint density at radius 3 is 2.37 bits per heavy atom. The summed E-state index contributed by atoms with van der Waals surface area (Å²) in [5.41, 5.74) is 11.4. The van der Waals surface area contributed by atoms with Gasteiger partial charge in [-0.3, -0.25) is 4.68 Å². The van der Waals surface area contributed by atoms with Crippen LogP contribution in [-0.4, -0.2) is 19.3 Å². The minimum atomic E-state index is 0. The quantitative estimate of drug-likeness (QED) is 0.136. The molecule has 250 valence electrons. The minimum Gasteiger partial charge on any atom is -0.509 e. The maximum absolute atomic E-state index is 6.60. The zero-order valence-corrected chi connectivity index (χ0v) is 31.5. The number of fused-ring (bicyclic) bond motifs is 3. The van der Waals surface area contributed by atoms with Gasteiger partial charge in [0.2, 0.25) is 0 Å². The van der Waals surface area contributed by atoms with E-state index in [1.165, 1.54) is 33.4 Å². The fourth-order valence-electron chi connectivity index (χ4n) is 6.94. The number of benzene rings is 4. The van der Waals surface area contributed by atoms with E-state index in [0.717, 1.165) is 51.7 Å². The van der Waals surface area contributed by atoms with E-state index < -0.39 is 0 Å². The van der Waals surface area contributed by atoms with E-state index in [1.807, 2.05) is 23.1 Å². The van der Waals surface area contributed by atoms with E-state index in [-0.39, 0.29) is 21.1 Å². The number of hydrogen-bond donors (Lipinski definition) is 0. The van der Waals surface area contributed by atoms with Gasteiger partial charge in [0.25, 0.3) is 0 Å². The number of rotatable bonds is 9. The SMILES string of the molecule is CCC(C)c1cc(Oc2[c-]c3c(cc2)c2ccccc2n3-c2cc(CC(C)C)ccn2)[c-]c(-n2cc(-c3c(C)cc(C)cc3C)cn2)c1.[Pt+2]. The molecular weight excluding hydrogens is 784 g/mol.